The lowest BCUT2D eigenvalue weighted by Crippen LogP contribution is -2.38. The average Bonchev–Trinajstić information content (AvgIpc) is 2.87. The minimum absolute atomic E-state index is 0.0399. The van der Waals surface area contributed by atoms with Crippen LogP contribution in [0.5, 0.6) is 0 Å². The molecule has 0 fully saturated rings. The van der Waals surface area contributed by atoms with Crippen molar-refractivity contribution >= 4 is 21.7 Å². The average molecular weight is 567 g/mol. The molecule has 1 aliphatic rings. The van der Waals surface area contributed by atoms with Crippen molar-refractivity contribution in [2.24, 2.45) is 5.41 Å². The van der Waals surface area contributed by atoms with E-state index in [2.05, 4.69) is 14.7 Å². The molecule has 2 aromatic heterocycles. The maximum absolute atomic E-state index is 14.3. The van der Waals surface area contributed by atoms with Crippen molar-refractivity contribution in [3.63, 3.8) is 0 Å². The van der Waals surface area contributed by atoms with E-state index >= 15 is 0 Å². The van der Waals surface area contributed by atoms with Crippen molar-refractivity contribution in [1.29, 1.82) is 0 Å². The number of alkyl halides is 3. The van der Waals surface area contributed by atoms with Crippen LogP contribution in [0, 0.1) is 11.2 Å². The second kappa shape index (κ2) is 11.1. The monoisotopic (exact) mass is 566 g/mol. The molecule has 3 aromatic rings. The smallest absolute Gasteiger partial charge is 0.396 e. The van der Waals surface area contributed by atoms with Gasteiger partial charge in [0.1, 0.15) is 17.5 Å². The number of sulfonamides is 1. The molecular formula is C27H30F4N4O3S. The standard InChI is InChI=1S/C27H30F4N4O3S/c1-26(2,17-36)16-35-14-5-3-4-7-18-10-11-19(28)15-20(18)25-21(27(29,30)31)12-13-22(32-25)34-39(37,38)24-9-6-8-23(35)33-24/h6,8-13,15,36H,3-5,7,14,16-17H2,1-2H3,(H,32,34). The number of halogens is 4. The lowest BCUT2D eigenvalue weighted by Gasteiger charge is -2.32. The Morgan fingerprint density at radius 3 is 2.51 bits per heavy atom. The Balaban J connectivity index is 1.85. The van der Waals surface area contributed by atoms with Crippen molar-refractivity contribution in [2.45, 2.75) is 50.7 Å². The normalized spacial score (nSPS) is 16.3. The highest BCUT2D eigenvalue weighted by atomic mass is 32.2. The van der Waals surface area contributed by atoms with Crippen LogP contribution in [0.25, 0.3) is 11.3 Å². The van der Waals surface area contributed by atoms with E-state index in [-0.39, 0.29) is 23.0 Å². The van der Waals surface area contributed by atoms with Crippen LogP contribution in [0.2, 0.25) is 0 Å². The number of aliphatic hydroxyl groups is 1. The summed E-state index contributed by atoms with van der Waals surface area (Å²) in [6.45, 7) is 4.62. The summed E-state index contributed by atoms with van der Waals surface area (Å²) >= 11 is 0. The lowest BCUT2D eigenvalue weighted by molar-refractivity contribution is -0.137. The third-order valence-corrected chi connectivity index (χ3v) is 7.75. The first-order valence-electron chi connectivity index (χ1n) is 12.5. The van der Waals surface area contributed by atoms with Crippen molar-refractivity contribution < 1.29 is 31.1 Å². The largest absolute Gasteiger partial charge is 0.418 e. The van der Waals surface area contributed by atoms with E-state index in [4.69, 9.17) is 0 Å². The van der Waals surface area contributed by atoms with Gasteiger partial charge in [-0.15, -0.1) is 0 Å². The number of pyridine rings is 2. The second-order valence-corrected chi connectivity index (χ2v) is 12.0. The Hall–Kier alpha value is -3.25. The summed E-state index contributed by atoms with van der Waals surface area (Å²) in [7, 11) is -4.35. The summed E-state index contributed by atoms with van der Waals surface area (Å²) in [5.41, 5.74) is -1.70. The maximum atomic E-state index is 14.3. The summed E-state index contributed by atoms with van der Waals surface area (Å²) in [6, 6.07) is 9.77. The van der Waals surface area contributed by atoms with E-state index in [0.29, 0.717) is 50.2 Å². The molecule has 0 aliphatic carbocycles. The highest BCUT2D eigenvalue weighted by molar-refractivity contribution is 7.92. The lowest BCUT2D eigenvalue weighted by atomic mass is 9.93. The van der Waals surface area contributed by atoms with E-state index in [0.717, 1.165) is 18.2 Å². The predicted molar refractivity (Wildman–Crippen MR) is 140 cm³/mol. The number of benzene rings is 1. The first kappa shape index (κ1) is 28.8. The number of nitrogens with zero attached hydrogens (tertiary/aromatic N) is 3. The quantitative estimate of drug-likeness (QED) is 0.398. The fraction of sp³-hybridized carbons (Fsp3) is 0.407. The van der Waals surface area contributed by atoms with Gasteiger partial charge in [-0.05, 0) is 61.2 Å². The number of anilines is 2. The molecule has 4 rings (SSSR count). The van der Waals surface area contributed by atoms with Gasteiger partial charge in [-0.3, -0.25) is 4.72 Å². The molecule has 39 heavy (non-hydrogen) atoms. The molecule has 0 saturated carbocycles. The Morgan fingerprint density at radius 1 is 1.03 bits per heavy atom. The minimum Gasteiger partial charge on any atom is -0.396 e. The van der Waals surface area contributed by atoms with Crippen LogP contribution in [0.3, 0.4) is 0 Å². The van der Waals surface area contributed by atoms with E-state index in [1.165, 1.54) is 24.3 Å². The molecular weight excluding hydrogens is 536 g/mol. The third kappa shape index (κ3) is 6.85. The molecule has 0 saturated heterocycles. The minimum atomic E-state index is -4.80. The van der Waals surface area contributed by atoms with Gasteiger partial charge >= 0.3 is 6.18 Å². The van der Waals surface area contributed by atoms with Gasteiger partial charge in [0.25, 0.3) is 10.0 Å². The van der Waals surface area contributed by atoms with Gasteiger partial charge in [0.2, 0.25) is 0 Å². The fourth-order valence-corrected chi connectivity index (χ4v) is 5.46. The van der Waals surface area contributed by atoms with Crippen LogP contribution in [-0.2, 0) is 22.6 Å². The SMILES string of the molecule is CC(C)(CO)CN1CCCCCc2ccc(F)cc2-c2nc(ccc2C(F)(F)F)NS(=O)(=O)c2cccc1n2. The van der Waals surface area contributed by atoms with Crippen LogP contribution >= 0.6 is 0 Å². The highest BCUT2D eigenvalue weighted by Gasteiger charge is 2.36. The number of aliphatic hydroxyl groups excluding tert-OH is 1. The molecule has 0 radical (unpaired) electrons. The molecule has 0 atom stereocenters. The highest BCUT2D eigenvalue weighted by Crippen LogP contribution is 2.39. The first-order chi connectivity index (χ1) is 18.3. The van der Waals surface area contributed by atoms with Gasteiger partial charge in [0.05, 0.1) is 11.3 Å². The van der Waals surface area contributed by atoms with Crippen molar-refractivity contribution in [2.75, 3.05) is 29.3 Å². The Morgan fingerprint density at radius 2 is 1.79 bits per heavy atom. The number of hydrogen-bond donors (Lipinski definition) is 2. The van der Waals surface area contributed by atoms with Gasteiger partial charge in [0, 0.05) is 30.7 Å². The number of nitrogens with one attached hydrogen (secondary N) is 1. The third-order valence-electron chi connectivity index (χ3n) is 6.50. The molecule has 210 valence electrons. The van der Waals surface area contributed by atoms with E-state index in [9.17, 15) is 31.1 Å². The number of rotatable bonds is 3. The number of aryl methyl sites for hydroxylation is 1. The number of aromatic nitrogens is 2. The molecule has 0 unspecified atom stereocenters. The second-order valence-electron chi connectivity index (χ2n) is 10.4. The van der Waals surface area contributed by atoms with Crippen LogP contribution in [0.15, 0.2) is 53.6 Å². The van der Waals surface area contributed by atoms with E-state index in [1.807, 2.05) is 18.7 Å². The van der Waals surface area contributed by atoms with Crippen LogP contribution in [0.1, 0.15) is 44.2 Å². The van der Waals surface area contributed by atoms with Crippen molar-refractivity contribution in [1.82, 2.24) is 9.97 Å². The first-order valence-corrected chi connectivity index (χ1v) is 14.0. The Labute approximate surface area is 225 Å². The van der Waals surface area contributed by atoms with Gasteiger partial charge in [-0.25, -0.2) is 14.4 Å². The fourth-order valence-electron chi connectivity index (χ4n) is 4.49. The molecule has 12 heteroatoms. The molecule has 1 aromatic carbocycles. The van der Waals surface area contributed by atoms with Crippen molar-refractivity contribution in [3.05, 3.63) is 65.5 Å². The molecule has 3 heterocycles. The number of hydrogen-bond acceptors (Lipinski definition) is 6. The zero-order valence-corrected chi connectivity index (χ0v) is 22.4. The summed E-state index contributed by atoms with van der Waals surface area (Å²) in [5, 5.41) is 9.47. The zero-order valence-electron chi connectivity index (χ0n) is 21.6. The van der Waals surface area contributed by atoms with Gasteiger partial charge in [-0.1, -0.05) is 32.4 Å². The molecule has 0 spiro atoms. The van der Waals surface area contributed by atoms with Crippen LogP contribution in [0.4, 0.5) is 29.2 Å². The molecule has 2 N–H and O–H groups in total. The van der Waals surface area contributed by atoms with E-state index in [1.54, 1.807) is 6.07 Å². The molecule has 4 bridgehead atoms. The van der Waals surface area contributed by atoms with Gasteiger partial charge < -0.3 is 10.0 Å². The van der Waals surface area contributed by atoms with Gasteiger partial charge in [0.15, 0.2) is 5.03 Å². The number of fused-ring (bicyclic) bond motifs is 6. The van der Waals surface area contributed by atoms with Crippen LogP contribution < -0.4 is 9.62 Å². The summed E-state index contributed by atoms with van der Waals surface area (Å²) < 4.78 is 84.8. The Bertz CT molecular complexity index is 1450. The van der Waals surface area contributed by atoms with Crippen LogP contribution in [-0.4, -0.2) is 43.2 Å². The Kier molecular flexibility index (Phi) is 8.17. The van der Waals surface area contributed by atoms with E-state index < -0.39 is 38.7 Å². The summed E-state index contributed by atoms with van der Waals surface area (Å²) in [4.78, 5) is 10.3. The molecule has 7 nitrogen and oxygen atoms in total. The summed E-state index contributed by atoms with van der Waals surface area (Å²) in [5.74, 6) is -0.689. The summed E-state index contributed by atoms with van der Waals surface area (Å²) in [6.07, 6.45) is -2.42. The van der Waals surface area contributed by atoms with Crippen molar-refractivity contribution in [3.8, 4) is 11.3 Å². The molecule has 0 amide bonds. The maximum Gasteiger partial charge on any atom is 0.418 e. The predicted octanol–water partition coefficient (Wildman–Crippen LogP) is 5.65. The topological polar surface area (TPSA) is 95.4 Å². The zero-order chi connectivity index (χ0) is 28.4. The molecule has 1 aliphatic heterocycles. The van der Waals surface area contributed by atoms with Gasteiger partial charge in [-0.2, -0.15) is 21.6 Å².